The largest absolute Gasteiger partial charge is 0.367 e. The maximum absolute atomic E-state index is 11.3. The fourth-order valence-corrected chi connectivity index (χ4v) is 3.46. The molecule has 1 aliphatic heterocycles. The van der Waals surface area contributed by atoms with Crippen LogP contribution in [0.1, 0.15) is 40.5 Å². The summed E-state index contributed by atoms with van der Waals surface area (Å²) in [7, 11) is 1.61. The molecule has 0 radical (unpaired) electrons. The molecule has 3 N–H and O–H groups in total. The monoisotopic (exact) mass is 308 g/mol. The summed E-state index contributed by atoms with van der Waals surface area (Å²) in [4.78, 5) is 18.9. The van der Waals surface area contributed by atoms with Crippen LogP contribution in [-0.2, 0) is 0 Å². The Labute approximate surface area is 130 Å². The Morgan fingerprint density at radius 3 is 2.27 bits per heavy atom. The molecule has 1 saturated heterocycles. The Morgan fingerprint density at radius 1 is 1.23 bits per heavy atom. The number of nitro groups is 1. The van der Waals surface area contributed by atoms with Gasteiger partial charge in [0.2, 0.25) is 11.6 Å². The minimum atomic E-state index is -0.453. The number of aromatic nitrogens is 2. The van der Waals surface area contributed by atoms with E-state index in [4.69, 9.17) is 0 Å². The van der Waals surface area contributed by atoms with Crippen molar-refractivity contribution in [2.45, 2.75) is 57.7 Å². The highest BCUT2D eigenvalue weighted by Crippen LogP contribution is 2.34. The predicted octanol–water partition coefficient (Wildman–Crippen LogP) is 2.15. The van der Waals surface area contributed by atoms with E-state index in [0.717, 1.165) is 12.8 Å². The highest BCUT2D eigenvalue weighted by Gasteiger charge is 2.38. The van der Waals surface area contributed by atoms with Crippen LogP contribution < -0.4 is 16.0 Å². The topological polar surface area (TPSA) is 105 Å². The van der Waals surface area contributed by atoms with Crippen LogP contribution in [0.2, 0.25) is 0 Å². The number of piperidine rings is 1. The third-order valence-corrected chi connectivity index (χ3v) is 3.77. The standard InChI is InChI=1S/C14H24N6O2/c1-13(2)6-9(7-14(3,4)19-13)18-12-10(20(21)22)11(15-5)16-8-17-12/h8-9,19H,6-7H2,1-5H3,(H2,15,16,17,18). The van der Waals surface area contributed by atoms with Crippen LogP contribution in [0.3, 0.4) is 0 Å². The van der Waals surface area contributed by atoms with Gasteiger partial charge >= 0.3 is 5.69 Å². The molecule has 1 aromatic heterocycles. The average molecular weight is 308 g/mol. The first-order valence-electron chi connectivity index (χ1n) is 7.36. The first-order valence-corrected chi connectivity index (χ1v) is 7.36. The molecular formula is C14H24N6O2. The molecule has 8 nitrogen and oxygen atoms in total. The second-order valence-electron chi connectivity index (χ2n) is 7.07. The van der Waals surface area contributed by atoms with Gasteiger partial charge in [0, 0.05) is 24.2 Å². The van der Waals surface area contributed by atoms with Crippen molar-refractivity contribution in [1.82, 2.24) is 15.3 Å². The molecular weight excluding hydrogens is 284 g/mol. The highest BCUT2D eigenvalue weighted by atomic mass is 16.6. The molecule has 1 aromatic rings. The summed E-state index contributed by atoms with van der Waals surface area (Å²) < 4.78 is 0. The molecule has 0 saturated carbocycles. The van der Waals surface area contributed by atoms with Gasteiger partial charge in [-0.05, 0) is 40.5 Å². The second kappa shape index (κ2) is 5.68. The number of hydrogen-bond donors (Lipinski definition) is 3. The molecule has 1 fully saturated rings. The van der Waals surface area contributed by atoms with Crippen molar-refractivity contribution in [3.8, 4) is 0 Å². The predicted molar refractivity (Wildman–Crippen MR) is 86.2 cm³/mol. The van der Waals surface area contributed by atoms with Crippen molar-refractivity contribution in [2.24, 2.45) is 0 Å². The smallest absolute Gasteiger partial charge is 0.353 e. The molecule has 2 rings (SSSR count). The van der Waals surface area contributed by atoms with Crippen LogP contribution in [0.4, 0.5) is 17.3 Å². The van der Waals surface area contributed by atoms with E-state index >= 15 is 0 Å². The molecule has 22 heavy (non-hydrogen) atoms. The summed E-state index contributed by atoms with van der Waals surface area (Å²) in [5, 5.41) is 20.9. The summed E-state index contributed by atoms with van der Waals surface area (Å²) in [6, 6.07) is 0.101. The molecule has 0 aliphatic carbocycles. The number of nitrogens with one attached hydrogen (secondary N) is 3. The Balaban J connectivity index is 2.29. The summed E-state index contributed by atoms with van der Waals surface area (Å²) in [5.74, 6) is 0.484. The van der Waals surface area contributed by atoms with E-state index in [-0.39, 0.29) is 34.4 Å². The summed E-state index contributed by atoms with van der Waals surface area (Å²) in [6.45, 7) is 8.54. The average Bonchev–Trinajstić information content (AvgIpc) is 2.34. The zero-order chi connectivity index (χ0) is 16.5. The minimum absolute atomic E-state index is 0.0485. The van der Waals surface area contributed by atoms with Gasteiger partial charge in [0.15, 0.2) is 0 Å². The number of hydrogen-bond acceptors (Lipinski definition) is 7. The van der Waals surface area contributed by atoms with Crippen LogP contribution >= 0.6 is 0 Å². The van der Waals surface area contributed by atoms with E-state index in [2.05, 4.69) is 53.6 Å². The molecule has 1 aliphatic rings. The zero-order valence-corrected chi connectivity index (χ0v) is 13.7. The number of anilines is 2. The first-order chi connectivity index (χ1) is 10.1. The Bertz CT molecular complexity index is 556. The quantitative estimate of drug-likeness (QED) is 0.578. The van der Waals surface area contributed by atoms with Gasteiger partial charge in [-0.1, -0.05) is 0 Å². The van der Waals surface area contributed by atoms with Gasteiger partial charge in [-0.3, -0.25) is 10.1 Å². The first kappa shape index (κ1) is 16.4. The molecule has 0 aromatic carbocycles. The van der Waals surface area contributed by atoms with E-state index in [9.17, 15) is 10.1 Å². The summed E-state index contributed by atoms with van der Waals surface area (Å²) in [6.07, 6.45) is 3.04. The van der Waals surface area contributed by atoms with Gasteiger partial charge in [0.05, 0.1) is 4.92 Å². The molecule has 0 unspecified atom stereocenters. The lowest BCUT2D eigenvalue weighted by atomic mass is 9.79. The Kier molecular flexibility index (Phi) is 4.23. The number of rotatable bonds is 4. The van der Waals surface area contributed by atoms with Crippen molar-refractivity contribution in [2.75, 3.05) is 17.7 Å². The number of nitrogens with zero attached hydrogens (tertiary/aromatic N) is 3. The van der Waals surface area contributed by atoms with Gasteiger partial charge in [-0.2, -0.15) is 0 Å². The van der Waals surface area contributed by atoms with E-state index in [1.165, 1.54) is 6.33 Å². The van der Waals surface area contributed by atoms with E-state index < -0.39 is 4.92 Å². The SMILES string of the molecule is CNc1ncnc(NC2CC(C)(C)NC(C)(C)C2)c1[N+](=O)[O-]. The van der Waals surface area contributed by atoms with Crippen molar-refractivity contribution in [3.63, 3.8) is 0 Å². The van der Waals surface area contributed by atoms with Crippen LogP contribution in [-0.4, -0.2) is 39.1 Å². The lowest BCUT2D eigenvalue weighted by Gasteiger charge is -2.46. The fourth-order valence-electron chi connectivity index (χ4n) is 3.46. The lowest BCUT2D eigenvalue weighted by Crippen LogP contribution is -2.60. The van der Waals surface area contributed by atoms with Crippen molar-refractivity contribution < 1.29 is 4.92 Å². The van der Waals surface area contributed by atoms with Gasteiger partial charge in [0.25, 0.3) is 0 Å². The van der Waals surface area contributed by atoms with Gasteiger partial charge in [-0.25, -0.2) is 9.97 Å². The second-order valence-corrected chi connectivity index (χ2v) is 7.07. The van der Waals surface area contributed by atoms with Crippen molar-refractivity contribution >= 4 is 17.3 Å². The van der Waals surface area contributed by atoms with Crippen LogP contribution in [0.25, 0.3) is 0 Å². The summed E-state index contributed by atoms with van der Waals surface area (Å²) >= 11 is 0. The third-order valence-electron chi connectivity index (χ3n) is 3.77. The lowest BCUT2D eigenvalue weighted by molar-refractivity contribution is -0.383. The highest BCUT2D eigenvalue weighted by molar-refractivity contribution is 5.69. The Hall–Kier alpha value is -1.96. The fraction of sp³-hybridized carbons (Fsp3) is 0.714. The molecule has 0 spiro atoms. The van der Waals surface area contributed by atoms with Crippen LogP contribution in [0.5, 0.6) is 0 Å². The molecule has 8 heteroatoms. The van der Waals surface area contributed by atoms with Crippen LogP contribution in [0.15, 0.2) is 6.33 Å². The maximum Gasteiger partial charge on any atom is 0.353 e. The minimum Gasteiger partial charge on any atom is -0.367 e. The molecule has 2 heterocycles. The summed E-state index contributed by atoms with van der Waals surface area (Å²) in [5.41, 5.74) is -0.209. The van der Waals surface area contributed by atoms with E-state index in [1.54, 1.807) is 7.05 Å². The normalized spacial score (nSPS) is 20.4. The van der Waals surface area contributed by atoms with Crippen molar-refractivity contribution in [1.29, 1.82) is 0 Å². The van der Waals surface area contributed by atoms with E-state index in [1.807, 2.05) is 0 Å². The third kappa shape index (κ3) is 3.62. The zero-order valence-electron chi connectivity index (χ0n) is 13.7. The van der Waals surface area contributed by atoms with Gasteiger partial charge in [-0.15, -0.1) is 0 Å². The molecule has 122 valence electrons. The molecule has 0 bridgehead atoms. The van der Waals surface area contributed by atoms with E-state index in [0.29, 0.717) is 0 Å². The van der Waals surface area contributed by atoms with Gasteiger partial charge < -0.3 is 16.0 Å². The Morgan fingerprint density at radius 2 is 1.77 bits per heavy atom. The molecule has 0 amide bonds. The van der Waals surface area contributed by atoms with Crippen molar-refractivity contribution in [3.05, 3.63) is 16.4 Å². The van der Waals surface area contributed by atoms with Crippen LogP contribution in [0, 0.1) is 10.1 Å². The molecule has 0 atom stereocenters. The van der Waals surface area contributed by atoms with Gasteiger partial charge in [0.1, 0.15) is 6.33 Å². The maximum atomic E-state index is 11.3.